The Balaban J connectivity index is 2.55. The van der Waals surface area contributed by atoms with Crippen LogP contribution in [0.25, 0.3) is 0 Å². The molecule has 0 saturated carbocycles. The second kappa shape index (κ2) is 7.15. The van der Waals surface area contributed by atoms with Crippen LogP contribution in [-0.4, -0.2) is 24.3 Å². The zero-order valence-electron chi connectivity index (χ0n) is 10.9. The molecule has 0 aliphatic carbocycles. The van der Waals surface area contributed by atoms with Crippen LogP contribution in [0.2, 0.25) is 0 Å². The summed E-state index contributed by atoms with van der Waals surface area (Å²) in [5, 5.41) is 7.55. The van der Waals surface area contributed by atoms with Crippen molar-refractivity contribution in [3.63, 3.8) is 0 Å². The van der Waals surface area contributed by atoms with Crippen molar-refractivity contribution < 1.29 is 14.4 Å². The van der Waals surface area contributed by atoms with Crippen molar-refractivity contribution in [1.29, 1.82) is 0 Å². The van der Waals surface area contributed by atoms with Gasteiger partial charge in [0.2, 0.25) is 5.91 Å². The zero-order valence-corrected chi connectivity index (χ0v) is 10.9. The molecule has 3 amide bonds. The van der Waals surface area contributed by atoms with E-state index in [1.165, 1.54) is 6.92 Å². The molecule has 19 heavy (non-hydrogen) atoms. The lowest BCUT2D eigenvalue weighted by molar-refractivity contribution is -0.136. The highest BCUT2D eigenvalue weighted by atomic mass is 16.2. The van der Waals surface area contributed by atoms with Gasteiger partial charge in [0.15, 0.2) is 0 Å². The summed E-state index contributed by atoms with van der Waals surface area (Å²) in [4.78, 5) is 33.7. The van der Waals surface area contributed by atoms with Gasteiger partial charge in [0, 0.05) is 24.8 Å². The van der Waals surface area contributed by atoms with E-state index in [4.69, 9.17) is 0 Å². The van der Waals surface area contributed by atoms with E-state index in [1.54, 1.807) is 24.3 Å². The summed E-state index contributed by atoms with van der Waals surface area (Å²) in [6, 6.07) is 6.49. The Morgan fingerprint density at radius 2 is 1.47 bits per heavy atom. The molecule has 1 rings (SSSR count). The van der Waals surface area contributed by atoms with E-state index in [-0.39, 0.29) is 5.91 Å². The number of amides is 3. The third kappa shape index (κ3) is 5.20. The van der Waals surface area contributed by atoms with E-state index in [2.05, 4.69) is 16.0 Å². The van der Waals surface area contributed by atoms with Crippen LogP contribution in [0, 0.1) is 0 Å². The molecule has 0 heterocycles. The fourth-order valence-corrected chi connectivity index (χ4v) is 1.35. The molecule has 0 aliphatic rings. The molecule has 0 atom stereocenters. The molecule has 0 aromatic heterocycles. The van der Waals surface area contributed by atoms with E-state index in [0.29, 0.717) is 17.9 Å². The molecule has 0 unspecified atom stereocenters. The molecule has 6 heteroatoms. The number of hydrogen-bond acceptors (Lipinski definition) is 3. The number of rotatable bonds is 4. The van der Waals surface area contributed by atoms with Gasteiger partial charge in [-0.1, -0.05) is 6.92 Å². The molecule has 0 bridgehead atoms. The average Bonchev–Trinajstić information content (AvgIpc) is 2.37. The lowest BCUT2D eigenvalue weighted by Crippen LogP contribution is -2.35. The van der Waals surface area contributed by atoms with E-state index < -0.39 is 11.8 Å². The van der Waals surface area contributed by atoms with Crippen molar-refractivity contribution in [3.8, 4) is 0 Å². The van der Waals surface area contributed by atoms with Crippen molar-refractivity contribution in [2.75, 3.05) is 17.2 Å². The summed E-state index contributed by atoms with van der Waals surface area (Å²) in [6.45, 7) is 3.78. The molecule has 102 valence electrons. The van der Waals surface area contributed by atoms with E-state index in [1.807, 2.05) is 6.92 Å². The first-order valence-corrected chi connectivity index (χ1v) is 5.99. The Kier molecular flexibility index (Phi) is 5.53. The van der Waals surface area contributed by atoms with Crippen molar-refractivity contribution in [2.45, 2.75) is 20.3 Å². The molecule has 1 aromatic rings. The minimum absolute atomic E-state index is 0.171. The maximum Gasteiger partial charge on any atom is 0.313 e. The summed E-state index contributed by atoms with van der Waals surface area (Å²) in [5.41, 5.74) is 1.12. The van der Waals surface area contributed by atoms with Gasteiger partial charge in [0.1, 0.15) is 0 Å². The standard InChI is InChI=1S/C13H17N3O3/c1-3-8-14-12(18)13(19)16-11-6-4-10(5-7-11)15-9(2)17/h4-7H,3,8H2,1-2H3,(H,14,18)(H,15,17)(H,16,19). The third-order valence-corrected chi connectivity index (χ3v) is 2.20. The molecule has 0 fully saturated rings. The first-order chi connectivity index (χ1) is 9.02. The maximum absolute atomic E-state index is 11.5. The Hall–Kier alpha value is -2.37. The molecule has 0 aliphatic heterocycles. The molecule has 3 N–H and O–H groups in total. The first-order valence-electron chi connectivity index (χ1n) is 5.99. The Labute approximate surface area is 111 Å². The van der Waals surface area contributed by atoms with Crippen LogP contribution >= 0.6 is 0 Å². The molecular weight excluding hydrogens is 246 g/mol. The van der Waals surface area contributed by atoms with Crippen LogP contribution < -0.4 is 16.0 Å². The normalized spacial score (nSPS) is 9.58. The van der Waals surface area contributed by atoms with Crippen molar-refractivity contribution in [2.24, 2.45) is 0 Å². The highest BCUT2D eigenvalue weighted by Crippen LogP contribution is 2.13. The van der Waals surface area contributed by atoms with Crippen LogP contribution in [0.4, 0.5) is 11.4 Å². The predicted octanol–water partition coefficient (Wildman–Crippen LogP) is 1.11. The quantitative estimate of drug-likeness (QED) is 0.711. The largest absolute Gasteiger partial charge is 0.348 e. The summed E-state index contributed by atoms with van der Waals surface area (Å²) in [5.74, 6) is -1.54. The number of hydrogen-bond donors (Lipinski definition) is 3. The molecular formula is C13H17N3O3. The van der Waals surface area contributed by atoms with Gasteiger partial charge in [-0.15, -0.1) is 0 Å². The van der Waals surface area contributed by atoms with E-state index >= 15 is 0 Å². The van der Waals surface area contributed by atoms with Crippen molar-refractivity contribution >= 4 is 29.1 Å². The SMILES string of the molecule is CCCNC(=O)C(=O)Nc1ccc(NC(C)=O)cc1. The molecule has 0 saturated heterocycles. The minimum atomic E-state index is -0.708. The maximum atomic E-state index is 11.5. The molecule has 6 nitrogen and oxygen atoms in total. The number of nitrogens with one attached hydrogen (secondary N) is 3. The van der Waals surface area contributed by atoms with Crippen LogP contribution in [0.5, 0.6) is 0 Å². The van der Waals surface area contributed by atoms with Gasteiger partial charge in [0.05, 0.1) is 0 Å². The van der Waals surface area contributed by atoms with Crippen molar-refractivity contribution in [1.82, 2.24) is 5.32 Å². The molecule has 0 radical (unpaired) electrons. The van der Waals surface area contributed by atoms with E-state index in [0.717, 1.165) is 6.42 Å². The van der Waals surface area contributed by atoms with Gasteiger partial charge < -0.3 is 16.0 Å². The van der Waals surface area contributed by atoms with Gasteiger partial charge in [-0.25, -0.2) is 0 Å². The van der Waals surface area contributed by atoms with Gasteiger partial charge in [-0.3, -0.25) is 14.4 Å². The summed E-state index contributed by atoms with van der Waals surface area (Å²) in [6.07, 6.45) is 0.768. The Bertz CT molecular complexity index is 469. The highest BCUT2D eigenvalue weighted by Gasteiger charge is 2.12. The number of carbonyl (C=O) groups is 3. The Morgan fingerprint density at radius 3 is 1.95 bits per heavy atom. The van der Waals surface area contributed by atoms with Crippen LogP contribution in [0.1, 0.15) is 20.3 Å². The van der Waals surface area contributed by atoms with Gasteiger partial charge in [-0.05, 0) is 30.7 Å². The number of carbonyl (C=O) groups excluding carboxylic acids is 3. The summed E-state index contributed by atoms with van der Waals surface area (Å²) < 4.78 is 0. The Morgan fingerprint density at radius 1 is 0.947 bits per heavy atom. The smallest absolute Gasteiger partial charge is 0.313 e. The van der Waals surface area contributed by atoms with E-state index in [9.17, 15) is 14.4 Å². The average molecular weight is 263 g/mol. The van der Waals surface area contributed by atoms with Crippen LogP contribution in [0.3, 0.4) is 0 Å². The second-order valence-corrected chi connectivity index (χ2v) is 3.97. The third-order valence-electron chi connectivity index (χ3n) is 2.20. The van der Waals surface area contributed by atoms with Gasteiger partial charge >= 0.3 is 11.8 Å². The first kappa shape index (κ1) is 14.7. The number of benzene rings is 1. The monoisotopic (exact) mass is 263 g/mol. The lowest BCUT2D eigenvalue weighted by atomic mass is 10.2. The highest BCUT2D eigenvalue weighted by molar-refractivity contribution is 6.39. The second-order valence-electron chi connectivity index (χ2n) is 3.97. The fraction of sp³-hybridized carbons (Fsp3) is 0.308. The zero-order chi connectivity index (χ0) is 14.3. The topological polar surface area (TPSA) is 87.3 Å². The lowest BCUT2D eigenvalue weighted by Gasteiger charge is -2.07. The summed E-state index contributed by atoms with van der Waals surface area (Å²) in [7, 11) is 0. The van der Waals surface area contributed by atoms with Gasteiger partial charge in [-0.2, -0.15) is 0 Å². The molecule has 0 spiro atoms. The predicted molar refractivity (Wildman–Crippen MR) is 72.7 cm³/mol. The summed E-state index contributed by atoms with van der Waals surface area (Å²) >= 11 is 0. The number of anilines is 2. The minimum Gasteiger partial charge on any atom is -0.348 e. The van der Waals surface area contributed by atoms with Gasteiger partial charge in [0.25, 0.3) is 0 Å². The van der Waals surface area contributed by atoms with Crippen molar-refractivity contribution in [3.05, 3.63) is 24.3 Å². The van der Waals surface area contributed by atoms with Crippen LogP contribution in [0.15, 0.2) is 24.3 Å². The van der Waals surface area contributed by atoms with Crippen LogP contribution in [-0.2, 0) is 14.4 Å². The molecule has 1 aromatic carbocycles. The fourth-order valence-electron chi connectivity index (χ4n) is 1.35.